The fourth-order valence-corrected chi connectivity index (χ4v) is 5.26. The highest BCUT2D eigenvalue weighted by Crippen LogP contribution is 2.35. The molecule has 4 N–H and O–H groups in total. The largest absolute Gasteiger partial charge is 0.473 e. The number of benzene rings is 1. The predicted molar refractivity (Wildman–Crippen MR) is 130 cm³/mol. The van der Waals surface area contributed by atoms with Crippen molar-refractivity contribution in [2.75, 3.05) is 23.6 Å². The maximum absolute atomic E-state index is 12.4. The number of hydrogen-bond acceptors (Lipinski definition) is 7. The van der Waals surface area contributed by atoms with Crippen LogP contribution in [0.25, 0.3) is 0 Å². The van der Waals surface area contributed by atoms with Gasteiger partial charge in [-0.05, 0) is 68.5 Å². The third-order valence-electron chi connectivity index (χ3n) is 5.38. The standard InChI is InChI=1S/C20H27N3O3S2.C2H2O4/c1-4-28(25,26)22-18-7-5-16(6-8-18)20(24)21-10-11-23-14(2)13-17-9-12-27-19(17)15(23)3;3-1(4)2(5)6/h5-9,12,14-15,22H,4,10-11,13H2,1-3H3,(H,21,24);(H,3,4)(H,5,6). The highest BCUT2D eigenvalue weighted by atomic mass is 32.2. The molecule has 2 unspecified atom stereocenters. The number of amides is 1. The molecule has 0 bridgehead atoms. The van der Waals surface area contributed by atoms with Gasteiger partial charge in [0.2, 0.25) is 10.0 Å². The lowest BCUT2D eigenvalue weighted by Crippen LogP contribution is -2.44. The number of carbonyl (C=O) groups excluding carboxylic acids is 1. The Morgan fingerprint density at radius 1 is 1.09 bits per heavy atom. The third-order valence-corrected chi connectivity index (χ3v) is 7.81. The van der Waals surface area contributed by atoms with Crippen LogP contribution >= 0.6 is 11.3 Å². The van der Waals surface area contributed by atoms with Gasteiger partial charge in [0, 0.05) is 41.3 Å². The second kappa shape index (κ2) is 12.0. The molecule has 2 aromatic rings. The summed E-state index contributed by atoms with van der Waals surface area (Å²) in [5.74, 6) is -3.79. The number of nitrogens with one attached hydrogen (secondary N) is 2. The summed E-state index contributed by atoms with van der Waals surface area (Å²) in [7, 11) is -3.32. The second-order valence-corrected chi connectivity index (χ2v) is 10.7. The van der Waals surface area contributed by atoms with Crippen molar-refractivity contribution < 1.29 is 33.0 Å². The number of carbonyl (C=O) groups is 3. The van der Waals surface area contributed by atoms with E-state index in [0.717, 1.165) is 13.0 Å². The Balaban J connectivity index is 0.000000604. The lowest BCUT2D eigenvalue weighted by Gasteiger charge is -2.38. The minimum atomic E-state index is -3.32. The van der Waals surface area contributed by atoms with Gasteiger partial charge in [-0.15, -0.1) is 11.3 Å². The SMILES string of the molecule is CCS(=O)(=O)Nc1ccc(C(=O)NCCN2C(C)Cc3ccsc3C2C)cc1.O=C(O)C(=O)O. The van der Waals surface area contributed by atoms with Crippen LogP contribution in [0, 0.1) is 0 Å². The summed E-state index contributed by atoms with van der Waals surface area (Å²) in [6.07, 6.45) is 1.05. The van der Waals surface area contributed by atoms with Crippen LogP contribution in [0.1, 0.15) is 47.6 Å². The molecule has 34 heavy (non-hydrogen) atoms. The number of hydrogen-bond donors (Lipinski definition) is 4. The van der Waals surface area contributed by atoms with Gasteiger partial charge < -0.3 is 15.5 Å². The first-order chi connectivity index (χ1) is 15.9. The monoisotopic (exact) mass is 511 g/mol. The van der Waals surface area contributed by atoms with Crippen LogP contribution in [0.15, 0.2) is 35.7 Å². The number of carboxylic acids is 2. The first kappa shape index (κ1) is 27.3. The number of aliphatic carboxylic acids is 2. The van der Waals surface area contributed by atoms with E-state index in [1.54, 1.807) is 42.5 Å². The van der Waals surface area contributed by atoms with Gasteiger partial charge in [0.15, 0.2) is 0 Å². The van der Waals surface area contributed by atoms with Crippen molar-refractivity contribution >= 4 is 44.9 Å². The van der Waals surface area contributed by atoms with Crippen molar-refractivity contribution in [3.05, 3.63) is 51.7 Å². The van der Waals surface area contributed by atoms with E-state index in [9.17, 15) is 13.2 Å². The van der Waals surface area contributed by atoms with Crippen molar-refractivity contribution in [3.63, 3.8) is 0 Å². The molecule has 1 amide bonds. The van der Waals surface area contributed by atoms with E-state index in [2.05, 4.69) is 40.2 Å². The molecule has 1 aromatic carbocycles. The zero-order valence-electron chi connectivity index (χ0n) is 19.1. The zero-order valence-corrected chi connectivity index (χ0v) is 20.8. The average Bonchev–Trinajstić information content (AvgIpc) is 3.25. The van der Waals surface area contributed by atoms with Crippen molar-refractivity contribution in [3.8, 4) is 0 Å². The Labute approximate surface area is 202 Å². The van der Waals surface area contributed by atoms with Crippen LogP contribution in [0.2, 0.25) is 0 Å². The molecule has 0 fully saturated rings. The molecular weight excluding hydrogens is 482 g/mol. The molecule has 2 heterocycles. The third kappa shape index (κ3) is 7.54. The molecule has 186 valence electrons. The lowest BCUT2D eigenvalue weighted by atomic mass is 9.97. The zero-order chi connectivity index (χ0) is 25.5. The highest BCUT2D eigenvalue weighted by molar-refractivity contribution is 7.92. The summed E-state index contributed by atoms with van der Waals surface area (Å²) in [6, 6.07) is 9.50. The maximum atomic E-state index is 12.4. The predicted octanol–water partition coefficient (Wildman–Crippen LogP) is 2.40. The van der Waals surface area contributed by atoms with Crippen LogP contribution in [0.5, 0.6) is 0 Å². The number of anilines is 1. The minimum absolute atomic E-state index is 0.00947. The van der Waals surface area contributed by atoms with Crippen LogP contribution in [0.3, 0.4) is 0 Å². The molecule has 10 nitrogen and oxygen atoms in total. The van der Waals surface area contributed by atoms with E-state index in [0.29, 0.717) is 29.9 Å². The molecule has 12 heteroatoms. The Morgan fingerprint density at radius 3 is 2.26 bits per heavy atom. The topological polar surface area (TPSA) is 153 Å². The van der Waals surface area contributed by atoms with E-state index in [1.165, 1.54) is 10.4 Å². The Morgan fingerprint density at radius 2 is 1.71 bits per heavy atom. The number of rotatable bonds is 7. The van der Waals surface area contributed by atoms with E-state index in [4.69, 9.17) is 19.8 Å². The Bertz CT molecular complexity index is 1100. The van der Waals surface area contributed by atoms with Gasteiger partial charge in [0.05, 0.1) is 5.75 Å². The van der Waals surface area contributed by atoms with Crippen LogP contribution in [-0.2, 0) is 26.0 Å². The van der Waals surface area contributed by atoms with Crippen LogP contribution in [0.4, 0.5) is 5.69 Å². The average molecular weight is 512 g/mol. The first-order valence-corrected chi connectivity index (χ1v) is 13.1. The van der Waals surface area contributed by atoms with Crippen molar-refractivity contribution in [2.45, 2.75) is 39.3 Å². The Kier molecular flexibility index (Phi) is 9.59. The normalized spacial score (nSPS) is 17.6. The molecule has 0 saturated carbocycles. The van der Waals surface area contributed by atoms with Gasteiger partial charge in [0.1, 0.15) is 0 Å². The molecule has 0 saturated heterocycles. The fraction of sp³-hybridized carbons (Fsp3) is 0.409. The molecular formula is C22H29N3O7S2. The van der Waals surface area contributed by atoms with Gasteiger partial charge >= 0.3 is 11.9 Å². The smallest absolute Gasteiger partial charge is 0.414 e. The van der Waals surface area contributed by atoms with Gasteiger partial charge in [-0.25, -0.2) is 18.0 Å². The molecule has 0 spiro atoms. The van der Waals surface area contributed by atoms with Gasteiger partial charge in [0.25, 0.3) is 5.91 Å². The molecule has 0 aliphatic carbocycles. The first-order valence-electron chi connectivity index (χ1n) is 10.6. The van der Waals surface area contributed by atoms with Gasteiger partial charge in [-0.2, -0.15) is 0 Å². The van der Waals surface area contributed by atoms with E-state index in [1.807, 2.05) is 0 Å². The quantitative estimate of drug-likeness (QED) is 0.413. The number of fused-ring (bicyclic) bond motifs is 1. The van der Waals surface area contributed by atoms with Crippen LogP contribution in [-0.4, -0.2) is 66.3 Å². The van der Waals surface area contributed by atoms with Crippen molar-refractivity contribution in [1.82, 2.24) is 10.2 Å². The summed E-state index contributed by atoms with van der Waals surface area (Å²) in [6.45, 7) is 7.39. The van der Waals surface area contributed by atoms with E-state index < -0.39 is 22.0 Å². The number of carboxylic acid groups (broad SMARTS) is 2. The van der Waals surface area contributed by atoms with Crippen LogP contribution < -0.4 is 10.0 Å². The second-order valence-electron chi connectivity index (χ2n) is 7.73. The summed E-state index contributed by atoms with van der Waals surface area (Å²) in [5.41, 5.74) is 2.42. The molecule has 1 aromatic heterocycles. The summed E-state index contributed by atoms with van der Waals surface area (Å²) in [4.78, 5) is 34.4. The maximum Gasteiger partial charge on any atom is 0.414 e. The summed E-state index contributed by atoms with van der Waals surface area (Å²) < 4.78 is 25.7. The number of thiophene rings is 1. The van der Waals surface area contributed by atoms with Gasteiger partial charge in [-0.1, -0.05) is 0 Å². The fourth-order valence-electron chi connectivity index (χ4n) is 3.61. The molecule has 3 rings (SSSR count). The molecule has 1 aliphatic rings. The lowest BCUT2D eigenvalue weighted by molar-refractivity contribution is -0.159. The van der Waals surface area contributed by atoms with Crippen molar-refractivity contribution in [2.24, 2.45) is 0 Å². The van der Waals surface area contributed by atoms with Gasteiger partial charge in [-0.3, -0.25) is 14.4 Å². The molecule has 2 atom stereocenters. The van der Waals surface area contributed by atoms with E-state index >= 15 is 0 Å². The highest BCUT2D eigenvalue weighted by Gasteiger charge is 2.29. The molecule has 0 radical (unpaired) electrons. The minimum Gasteiger partial charge on any atom is -0.473 e. The summed E-state index contributed by atoms with van der Waals surface area (Å²) >= 11 is 1.80. The summed E-state index contributed by atoms with van der Waals surface area (Å²) in [5, 5.41) is 19.9. The Hall–Kier alpha value is -2.96. The number of nitrogens with zero attached hydrogens (tertiary/aromatic N) is 1. The number of sulfonamides is 1. The van der Waals surface area contributed by atoms with Crippen molar-refractivity contribution in [1.29, 1.82) is 0 Å². The van der Waals surface area contributed by atoms with E-state index in [-0.39, 0.29) is 11.7 Å². The molecule has 1 aliphatic heterocycles.